The zero-order valence-electron chi connectivity index (χ0n) is 13.1. The number of aryl methyl sites for hydroxylation is 2. The van der Waals surface area contributed by atoms with Gasteiger partial charge in [-0.05, 0) is 37.6 Å². The Bertz CT molecular complexity index is 643. The van der Waals surface area contributed by atoms with Gasteiger partial charge in [-0.1, -0.05) is 0 Å². The van der Waals surface area contributed by atoms with Gasteiger partial charge in [0.25, 0.3) is 5.91 Å². The Morgan fingerprint density at radius 1 is 1.18 bits per heavy atom. The van der Waals surface area contributed by atoms with Crippen molar-refractivity contribution in [1.82, 2.24) is 14.8 Å². The van der Waals surface area contributed by atoms with Crippen molar-refractivity contribution < 1.29 is 9.21 Å². The summed E-state index contributed by atoms with van der Waals surface area (Å²) in [5.41, 5.74) is 1.95. The number of piperazine rings is 1. The van der Waals surface area contributed by atoms with Gasteiger partial charge in [0.2, 0.25) is 0 Å². The zero-order chi connectivity index (χ0) is 15.5. The second-order valence-corrected chi connectivity index (χ2v) is 5.75. The van der Waals surface area contributed by atoms with Crippen LogP contribution in [0.5, 0.6) is 0 Å². The molecule has 0 N–H and O–H groups in total. The van der Waals surface area contributed by atoms with Crippen LogP contribution in [0.25, 0.3) is 0 Å². The number of hydrogen-bond acceptors (Lipinski definition) is 4. The minimum absolute atomic E-state index is 0.0814. The van der Waals surface area contributed by atoms with Crippen molar-refractivity contribution in [3.63, 3.8) is 0 Å². The first-order chi connectivity index (χ1) is 10.6. The summed E-state index contributed by atoms with van der Waals surface area (Å²) in [4.78, 5) is 20.9. The molecule has 2 aromatic rings. The first kappa shape index (κ1) is 14.8. The Hall–Kier alpha value is -2.14. The number of carbonyl (C=O) groups is 1. The Kier molecular flexibility index (Phi) is 4.24. The quantitative estimate of drug-likeness (QED) is 0.872. The van der Waals surface area contributed by atoms with Crippen LogP contribution in [0.2, 0.25) is 0 Å². The molecule has 5 heteroatoms. The smallest absolute Gasteiger partial charge is 0.257 e. The molecule has 0 aliphatic carbocycles. The monoisotopic (exact) mass is 299 g/mol. The van der Waals surface area contributed by atoms with Crippen LogP contribution in [0.4, 0.5) is 0 Å². The number of hydrogen-bond donors (Lipinski definition) is 0. The molecule has 1 saturated heterocycles. The van der Waals surface area contributed by atoms with E-state index in [2.05, 4.69) is 9.88 Å². The molecule has 0 spiro atoms. The minimum atomic E-state index is 0.0814. The highest BCUT2D eigenvalue weighted by atomic mass is 16.3. The van der Waals surface area contributed by atoms with E-state index in [-0.39, 0.29) is 5.91 Å². The summed E-state index contributed by atoms with van der Waals surface area (Å²) in [5, 5.41) is 0. The first-order valence-electron chi connectivity index (χ1n) is 7.61. The molecule has 3 heterocycles. The number of nitrogens with zero attached hydrogens (tertiary/aromatic N) is 3. The second kappa shape index (κ2) is 6.32. The van der Waals surface area contributed by atoms with Crippen molar-refractivity contribution in [2.24, 2.45) is 0 Å². The Morgan fingerprint density at radius 2 is 1.86 bits per heavy atom. The molecule has 5 nitrogen and oxygen atoms in total. The molecule has 0 unspecified atom stereocenters. The lowest BCUT2D eigenvalue weighted by atomic mass is 10.2. The van der Waals surface area contributed by atoms with Gasteiger partial charge in [-0.2, -0.15) is 0 Å². The maximum atomic E-state index is 12.5. The maximum absolute atomic E-state index is 12.5. The van der Waals surface area contributed by atoms with E-state index in [9.17, 15) is 4.79 Å². The third-order valence-electron chi connectivity index (χ3n) is 4.09. The Labute approximate surface area is 130 Å². The van der Waals surface area contributed by atoms with Crippen LogP contribution in [0, 0.1) is 13.8 Å². The summed E-state index contributed by atoms with van der Waals surface area (Å²) < 4.78 is 5.46. The summed E-state index contributed by atoms with van der Waals surface area (Å²) in [6.07, 6.45) is 3.64. The minimum Gasteiger partial charge on any atom is -0.466 e. The predicted molar refractivity (Wildman–Crippen MR) is 83.6 cm³/mol. The standard InChI is InChI=1S/C17H21N3O2/c1-13-11-16(14(2)22-13)17(21)20-9-7-19(8-10-20)12-15-3-5-18-6-4-15/h3-6,11H,7-10,12H2,1-2H3. The normalized spacial score (nSPS) is 16.0. The Morgan fingerprint density at radius 3 is 2.45 bits per heavy atom. The average Bonchev–Trinajstić information content (AvgIpc) is 2.87. The molecular formula is C17H21N3O2. The topological polar surface area (TPSA) is 49.6 Å². The van der Waals surface area contributed by atoms with E-state index in [0.29, 0.717) is 11.3 Å². The van der Waals surface area contributed by atoms with Gasteiger partial charge >= 0.3 is 0 Å². The highest BCUT2D eigenvalue weighted by Crippen LogP contribution is 2.17. The van der Waals surface area contributed by atoms with Crippen LogP contribution < -0.4 is 0 Å². The van der Waals surface area contributed by atoms with Crippen LogP contribution in [-0.4, -0.2) is 46.9 Å². The molecule has 2 aromatic heterocycles. The summed E-state index contributed by atoms with van der Waals surface area (Å²) in [6, 6.07) is 5.91. The van der Waals surface area contributed by atoms with Crippen molar-refractivity contribution in [2.45, 2.75) is 20.4 Å². The van der Waals surface area contributed by atoms with E-state index >= 15 is 0 Å². The van der Waals surface area contributed by atoms with Gasteiger partial charge in [0, 0.05) is 45.1 Å². The summed E-state index contributed by atoms with van der Waals surface area (Å²) in [6.45, 7) is 7.93. The summed E-state index contributed by atoms with van der Waals surface area (Å²) in [5.74, 6) is 1.58. The van der Waals surface area contributed by atoms with E-state index < -0.39 is 0 Å². The van der Waals surface area contributed by atoms with E-state index in [4.69, 9.17) is 4.42 Å². The van der Waals surface area contributed by atoms with Gasteiger partial charge < -0.3 is 9.32 Å². The molecule has 0 radical (unpaired) electrons. The SMILES string of the molecule is Cc1cc(C(=O)N2CCN(Cc3ccncc3)CC2)c(C)o1. The van der Waals surface area contributed by atoms with Crippen LogP contribution in [0.15, 0.2) is 35.0 Å². The zero-order valence-corrected chi connectivity index (χ0v) is 13.1. The third-order valence-corrected chi connectivity index (χ3v) is 4.09. The molecule has 1 aliphatic rings. The molecule has 1 fully saturated rings. The highest BCUT2D eigenvalue weighted by Gasteiger charge is 2.24. The summed E-state index contributed by atoms with van der Waals surface area (Å²) >= 11 is 0. The lowest BCUT2D eigenvalue weighted by Crippen LogP contribution is -2.48. The number of furan rings is 1. The average molecular weight is 299 g/mol. The number of pyridine rings is 1. The van der Waals surface area contributed by atoms with Gasteiger partial charge in [-0.3, -0.25) is 14.7 Å². The number of aromatic nitrogens is 1. The van der Waals surface area contributed by atoms with E-state index in [1.807, 2.05) is 49.3 Å². The Balaban J connectivity index is 1.57. The molecule has 1 amide bonds. The fourth-order valence-corrected chi connectivity index (χ4v) is 2.87. The first-order valence-corrected chi connectivity index (χ1v) is 7.61. The molecular weight excluding hydrogens is 278 g/mol. The van der Waals surface area contributed by atoms with Crippen molar-refractivity contribution in [1.29, 1.82) is 0 Å². The fraction of sp³-hybridized carbons (Fsp3) is 0.412. The van der Waals surface area contributed by atoms with Crippen LogP contribution >= 0.6 is 0 Å². The molecule has 3 rings (SSSR count). The molecule has 0 atom stereocenters. The molecule has 116 valence electrons. The van der Waals surface area contributed by atoms with Gasteiger partial charge in [0.05, 0.1) is 5.56 Å². The van der Waals surface area contributed by atoms with E-state index in [1.54, 1.807) is 0 Å². The van der Waals surface area contributed by atoms with E-state index in [1.165, 1.54) is 5.56 Å². The lowest BCUT2D eigenvalue weighted by Gasteiger charge is -2.34. The van der Waals surface area contributed by atoms with E-state index in [0.717, 1.165) is 38.5 Å². The fourth-order valence-electron chi connectivity index (χ4n) is 2.87. The van der Waals surface area contributed by atoms with Crippen molar-refractivity contribution in [3.05, 3.63) is 53.2 Å². The molecule has 22 heavy (non-hydrogen) atoms. The van der Waals surface area contributed by atoms with Gasteiger partial charge in [0.1, 0.15) is 11.5 Å². The van der Waals surface area contributed by atoms with Crippen molar-refractivity contribution in [2.75, 3.05) is 26.2 Å². The van der Waals surface area contributed by atoms with Crippen LogP contribution in [0.3, 0.4) is 0 Å². The predicted octanol–water partition coefficient (Wildman–Crippen LogP) is 2.25. The third kappa shape index (κ3) is 3.20. The lowest BCUT2D eigenvalue weighted by molar-refractivity contribution is 0.0627. The number of carbonyl (C=O) groups excluding carboxylic acids is 1. The molecule has 0 bridgehead atoms. The number of amides is 1. The number of rotatable bonds is 3. The largest absolute Gasteiger partial charge is 0.466 e. The molecule has 0 aromatic carbocycles. The highest BCUT2D eigenvalue weighted by molar-refractivity contribution is 5.95. The summed E-state index contributed by atoms with van der Waals surface area (Å²) in [7, 11) is 0. The van der Waals surface area contributed by atoms with Gasteiger partial charge in [-0.15, -0.1) is 0 Å². The van der Waals surface area contributed by atoms with Crippen molar-refractivity contribution in [3.8, 4) is 0 Å². The maximum Gasteiger partial charge on any atom is 0.257 e. The molecule has 1 aliphatic heterocycles. The second-order valence-electron chi connectivity index (χ2n) is 5.75. The van der Waals surface area contributed by atoms with Crippen molar-refractivity contribution >= 4 is 5.91 Å². The van der Waals surface area contributed by atoms with Crippen LogP contribution in [0.1, 0.15) is 27.4 Å². The van der Waals surface area contributed by atoms with Gasteiger partial charge in [0.15, 0.2) is 0 Å². The van der Waals surface area contributed by atoms with Crippen LogP contribution in [-0.2, 0) is 6.54 Å². The molecule has 0 saturated carbocycles. The van der Waals surface area contributed by atoms with Gasteiger partial charge in [-0.25, -0.2) is 0 Å².